The molecule has 1 unspecified atom stereocenters. The molecule has 1 saturated heterocycles. The molecule has 1 saturated carbocycles. The van der Waals surface area contributed by atoms with Crippen molar-refractivity contribution in [2.45, 2.75) is 44.7 Å². The molecule has 2 heteroatoms. The van der Waals surface area contributed by atoms with E-state index in [4.69, 9.17) is 0 Å². The third kappa shape index (κ3) is 2.82. The molecule has 2 fully saturated rings. The predicted octanol–water partition coefficient (Wildman–Crippen LogP) is 1.78. The largest absolute Gasteiger partial charge is 0.312 e. The molecule has 1 aliphatic heterocycles. The highest BCUT2D eigenvalue weighted by Crippen LogP contribution is 2.21. The molecule has 0 bridgehead atoms. The molecule has 2 rings (SSSR count). The van der Waals surface area contributed by atoms with Crippen LogP contribution in [-0.4, -0.2) is 36.6 Å². The van der Waals surface area contributed by atoms with Crippen LogP contribution in [0, 0.1) is 0 Å². The molecule has 1 N–H and O–H groups in total. The number of likely N-dealkylation sites (tertiary alicyclic amines) is 1. The Morgan fingerprint density at radius 3 is 2.93 bits per heavy atom. The normalized spacial score (nSPS) is 29.1. The predicted molar refractivity (Wildman–Crippen MR) is 60.4 cm³/mol. The number of nitrogens with one attached hydrogen (secondary N) is 1. The lowest BCUT2D eigenvalue weighted by Gasteiger charge is -2.23. The van der Waals surface area contributed by atoms with Gasteiger partial charge in [0.15, 0.2) is 0 Å². The quantitative estimate of drug-likeness (QED) is 0.671. The van der Waals surface area contributed by atoms with Gasteiger partial charge in [0, 0.05) is 25.2 Å². The van der Waals surface area contributed by atoms with Gasteiger partial charge in [-0.15, -0.1) is 0 Å². The first-order valence-electron chi connectivity index (χ1n) is 5.98. The van der Waals surface area contributed by atoms with Gasteiger partial charge >= 0.3 is 0 Å². The van der Waals surface area contributed by atoms with E-state index in [1.807, 2.05) is 0 Å². The highest BCUT2D eigenvalue weighted by atomic mass is 15.2. The third-order valence-electron chi connectivity index (χ3n) is 3.29. The Morgan fingerprint density at radius 1 is 1.36 bits per heavy atom. The zero-order valence-corrected chi connectivity index (χ0v) is 9.21. The Hall–Kier alpha value is -0.340. The fourth-order valence-corrected chi connectivity index (χ4v) is 2.20. The second-order valence-corrected chi connectivity index (χ2v) is 4.54. The number of nitrogens with zero attached hydrogens (tertiary/aromatic N) is 1. The van der Waals surface area contributed by atoms with E-state index in [0.717, 1.165) is 18.6 Å². The van der Waals surface area contributed by atoms with Crippen LogP contribution in [0.25, 0.3) is 0 Å². The minimum Gasteiger partial charge on any atom is -0.312 e. The van der Waals surface area contributed by atoms with Crippen LogP contribution in [0.1, 0.15) is 32.6 Å². The van der Waals surface area contributed by atoms with Crippen molar-refractivity contribution >= 4 is 0 Å². The molecular formula is C12H22N2. The molecule has 14 heavy (non-hydrogen) atoms. The Kier molecular flexibility index (Phi) is 3.60. The zero-order chi connectivity index (χ0) is 9.80. The summed E-state index contributed by atoms with van der Waals surface area (Å²) in [6.45, 7) is 5.75. The number of rotatable bonds is 5. The molecule has 80 valence electrons. The Labute approximate surface area is 87.4 Å². The van der Waals surface area contributed by atoms with Crippen LogP contribution in [-0.2, 0) is 0 Å². The summed E-state index contributed by atoms with van der Waals surface area (Å²) in [5.74, 6) is 0. The topological polar surface area (TPSA) is 15.3 Å². The summed E-state index contributed by atoms with van der Waals surface area (Å²) in [5.41, 5.74) is 0. The maximum atomic E-state index is 3.64. The molecule has 0 aromatic heterocycles. The highest BCUT2D eigenvalue weighted by Gasteiger charge is 2.26. The van der Waals surface area contributed by atoms with E-state index >= 15 is 0 Å². The first-order valence-corrected chi connectivity index (χ1v) is 5.98. The first kappa shape index (κ1) is 10.2. The van der Waals surface area contributed by atoms with Crippen molar-refractivity contribution in [1.82, 2.24) is 10.2 Å². The lowest BCUT2D eigenvalue weighted by Crippen LogP contribution is -2.38. The maximum absolute atomic E-state index is 3.64. The second-order valence-electron chi connectivity index (χ2n) is 4.54. The van der Waals surface area contributed by atoms with Crippen molar-refractivity contribution in [3.05, 3.63) is 12.2 Å². The van der Waals surface area contributed by atoms with Crippen LogP contribution in [0.5, 0.6) is 0 Å². The van der Waals surface area contributed by atoms with Gasteiger partial charge in [0.2, 0.25) is 0 Å². The first-order chi connectivity index (χ1) is 6.90. The fourth-order valence-electron chi connectivity index (χ4n) is 2.20. The van der Waals surface area contributed by atoms with E-state index in [0.29, 0.717) is 0 Å². The van der Waals surface area contributed by atoms with Crippen molar-refractivity contribution in [3.63, 3.8) is 0 Å². The van der Waals surface area contributed by atoms with E-state index in [9.17, 15) is 0 Å². The van der Waals surface area contributed by atoms with E-state index in [2.05, 4.69) is 29.3 Å². The lowest BCUT2D eigenvalue weighted by molar-refractivity contribution is 0.272. The van der Waals surface area contributed by atoms with Gasteiger partial charge in [-0.1, -0.05) is 12.2 Å². The molecule has 0 aromatic carbocycles. The van der Waals surface area contributed by atoms with E-state index in [1.54, 1.807) is 0 Å². The van der Waals surface area contributed by atoms with Crippen molar-refractivity contribution in [1.29, 1.82) is 0 Å². The summed E-state index contributed by atoms with van der Waals surface area (Å²) in [7, 11) is 0. The summed E-state index contributed by atoms with van der Waals surface area (Å²) >= 11 is 0. The number of hydrogen-bond acceptors (Lipinski definition) is 2. The molecule has 0 aromatic rings. The summed E-state index contributed by atoms with van der Waals surface area (Å²) in [5, 5.41) is 3.64. The van der Waals surface area contributed by atoms with E-state index < -0.39 is 0 Å². The van der Waals surface area contributed by atoms with Gasteiger partial charge in [-0.3, -0.25) is 4.90 Å². The molecule has 0 radical (unpaired) electrons. The highest BCUT2D eigenvalue weighted by molar-refractivity contribution is 4.90. The van der Waals surface area contributed by atoms with Crippen LogP contribution in [0.4, 0.5) is 0 Å². The van der Waals surface area contributed by atoms with Gasteiger partial charge in [0.05, 0.1) is 0 Å². The Balaban J connectivity index is 1.71. The summed E-state index contributed by atoms with van der Waals surface area (Å²) in [6, 6.07) is 1.66. The van der Waals surface area contributed by atoms with E-state index in [1.165, 1.54) is 38.8 Å². The van der Waals surface area contributed by atoms with Gasteiger partial charge in [-0.2, -0.15) is 0 Å². The van der Waals surface area contributed by atoms with Crippen LogP contribution >= 0.6 is 0 Å². The van der Waals surface area contributed by atoms with Crippen molar-refractivity contribution in [2.75, 3.05) is 19.6 Å². The van der Waals surface area contributed by atoms with Gasteiger partial charge < -0.3 is 5.32 Å². The van der Waals surface area contributed by atoms with Crippen LogP contribution in [0.2, 0.25) is 0 Å². The Bertz CT molecular complexity index is 196. The standard InChI is InChI=1S/C12H22N2/c1-2-3-8-14-9-4-5-12(14)10-13-11-6-7-11/h2-3,11-13H,4-10H2,1H3/b3-2+. The average Bonchev–Trinajstić information content (AvgIpc) is 2.92. The number of allylic oxidation sites excluding steroid dienone is 1. The van der Waals surface area contributed by atoms with Crippen molar-refractivity contribution < 1.29 is 0 Å². The van der Waals surface area contributed by atoms with Crippen molar-refractivity contribution in [2.24, 2.45) is 0 Å². The molecule has 1 heterocycles. The third-order valence-corrected chi connectivity index (χ3v) is 3.29. The van der Waals surface area contributed by atoms with Gasteiger partial charge in [0.25, 0.3) is 0 Å². The maximum Gasteiger partial charge on any atom is 0.0224 e. The minimum absolute atomic E-state index is 0.798. The fraction of sp³-hybridized carbons (Fsp3) is 0.833. The Morgan fingerprint density at radius 2 is 2.21 bits per heavy atom. The molecular weight excluding hydrogens is 172 g/mol. The molecule has 1 atom stereocenters. The minimum atomic E-state index is 0.798. The van der Waals surface area contributed by atoms with Gasteiger partial charge in [0.1, 0.15) is 0 Å². The SMILES string of the molecule is C/C=C/CN1CCCC1CNC1CC1. The monoisotopic (exact) mass is 194 g/mol. The second kappa shape index (κ2) is 4.94. The molecule has 2 nitrogen and oxygen atoms in total. The average molecular weight is 194 g/mol. The molecule has 2 aliphatic rings. The molecule has 0 spiro atoms. The summed E-state index contributed by atoms with van der Waals surface area (Å²) in [4.78, 5) is 2.61. The number of hydrogen-bond donors (Lipinski definition) is 1. The summed E-state index contributed by atoms with van der Waals surface area (Å²) < 4.78 is 0. The smallest absolute Gasteiger partial charge is 0.0224 e. The molecule has 1 aliphatic carbocycles. The van der Waals surface area contributed by atoms with Gasteiger partial charge in [-0.05, 0) is 39.2 Å². The van der Waals surface area contributed by atoms with Crippen LogP contribution in [0.3, 0.4) is 0 Å². The van der Waals surface area contributed by atoms with Gasteiger partial charge in [-0.25, -0.2) is 0 Å². The van der Waals surface area contributed by atoms with Crippen molar-refractivity contribution in [3.8, 4) is 0 Å². The van der Waals surface area contributed by atoms with Crippen LogP contribution in [0.15, 0.2) is 12.2 Å². The summed E-state index contributed by atoms with van der Waals surface area (Å²) in [6.07, 6.45) is 10.0. The molecule has 0 amide bonds. The van der Waals surface area contributed by atoms with Crippen LogP contribution < -0.4 is 5.32 Å². The van der Waals surface area contributed by atoms with E-state index in [-0.39, 0.29) is 0 Å². The lowest BCUT2D eigenvalue weighted by atomic mass is 10.2. The zero-order valence-electron chi connectivity index (χ0n) is 9.21.